The van der Waals surface area contributed by atoms with Gasteiger partial charge in [0.1, 0.15) is 0 Å². The number of aromatic nitrogens is 1. The maximum atomic E-state index is 12.1. The van der Waals surface area contributed by atoms with Crippen LogP contribution in [0.4, 0.5) is 5.69 Å². The molecule has 0 aliphatic rings. The third-order valence-electron chi connectivity index (χ3n) is 3.18. The van der Waals surface area contributed by atoms with Gasteiger partial charge in [0, 0.05) is 16.7 Å². The van der Waals surface area contributed by atoms with Gasteiger partial charge in [-0.15, -0.1) is 0 Å². The average Bonchev–Trinajstić information content (AvgIpc) is 2.90. The summed E-state index contributed by atoms with van der Waals surface area (Å²) < 4.78 is 0. The van der Waals surface area contributed by atoms with Gasteiger partial charge in [-0.1, -0.05) is 29.3 Å². The van der Waals surface area contributed by atoms with Gasteiger partial charge in [0.05, 0.1) is 17.1 Å². The number of hydrogen-bond acceptors (Lipinski definition) is 1. The number of nitrogens with one attached hydrogen (secondary N) is 2. The van der Waals surface area contributed by atoms with Crippen LogP contribution in [0, 0.1) is 0 Å². The van der Waals surface area contributed by atoms with Crippen molar-refractivity contribution in [3.63, 3.8) is 0 Å². The van der Waals surface area contributed by atoms with Gasteiger partial charge in [0.25, 0.3) is 0 Å². The number of benzene rings is 2. The summed E-state index contributed by atoms with van der Waals surface area (Å²) in [7, 11) is 0. The Bertz CT molecular complexity index is 811. The van der Waals surface area contributed by atoms with Crippen LogP contribution in [0.2, 0.25) is 10.0 Å². The number of fused-ring (bicyclic) bond motifs is 1. The van der Waals surface area contributed by atoms with Crippen LogP contribution in [-0.2, 0) is 11.2 Å². The zero-order chi connectivity index (χ0) is 14.8. The van der Waals surface area contributed by atoms with Crippen LogP contribution in [0.1, 0.15) is 5.56 Å². The van der Waals surface area contributed by atoms with E-state index in [-0.39, 0.29) is 12.3 Å². The molecule has 5 heteroatoms. The highest BCUT2D eigenvalue weighted by Gasteiger charge is 2.08. The van der Waals surface area contributed by atoms with Crippen molar-refractivity contribution in [2.45, 2.75) is 6.42 Å². The third kappa shape index (κ3) is 3.20. The number of carbonyl (C=O) groups excluding carboxylic acids is 1. The van der Waals surface area contributed by atoms with E-state index in [1.54, 1.807) is 18.2 Å². The second-order valence-corrected chi connectivity index (χ2v) is 5.59. The van der Waals surface area contributed by atoms with Crippen molar-refractivity contribution in [1.29, 1.82) is 0 Å². The van der Waals surface area contributed by atoms with Crippen LogP contribution in [0.3, 0.4) is 0 Å². The molecule has 0 unspecified atom stereocenters. The summed E-state index contributed by atoms with van der Waals surface area (Å²) in [4.78, 5) is 15.2. The van der Waals surface area contributed by atoms with Crippen LogP contribution < -0.4 is 5.32 Å². The predicted molar refractivity (Wildman–Crippen MR) is 87.1 cm³/mol. The van der Waals surface area contributed by atoms with E-state index in [1.165, 1.54) is 0 Å². The largest absolute Gasteiger partial charge is 0.361 e. The highest BCUT2D eigenvalue weighted by molar-refractivity contribution is 6.35. The second-order valence-electron chi connectivity index (χ2n) is 4.75. The quantitative estimate of drug-likeness (QED) is 0.725. The van der Waals surface area contributed by atoms with Gasteiger partial charge in [-0.3, -0.25) is 4.79 Å². The molecular formula is C16H12Cl2N2O. The lowest BCUT2D eigenvalue weighted by molar-refractivity contribution is -0.115. The van der Waals surface area contributed by atoms with Crippen molar-refractivity contribution in [2.24, 2.45) is 0 Å². The summed E-state index contributed by atoms with van der Waals surface area (Å²) in [6, 6.07) is 12.8. The fraction of sp³-hybridized carbons (Fsp3) is 0.0625. The minimum Gasteiger partial charge on any atom is -0.361 e. The van der Waals surface area contributed by atoms with Crippen LogP contribution in [0.15, 0.2) is 48.7 Å². The normalized spacial score (nSPS) is 10.8. The summed E-state index contributed by atoms with van der Waals surface area (Å²) in [5.41, 5.74) is 2.52. The topological polar surface area (TPSA) is 44.9 Å². The van der Waals surface area contributed by atoms with Crippen LogP contribution >= 0.6 is 23.2 Å². The number of amides is 1. The lowest BCUT2D eigenvalue weighted by atomic mass is 10.1. The lowest BCUT2D eigenvalue weighted by Crippen LogP contribution is -2.14. The number of anilines is 1. The fourth-order valence-corrected chi connectivity index (χ4v) is 2.52. The maximum absolute atomic E-state index is 12.1. The molecule has 0 spiro atoms. The SMILES string of the molecule is O=C(Cc1ccc2[nH]ccc2c1)Nc1cc(Cl)ccc1Cl. The van der Waals surface area contributed by atoms with E-state index in [9.17, 15) is 4.79 Å². The number of halogens is 2. The van der Waals surface area contributed by atoms with Crippen LogP contribution in [0.25, 0.3) is 10.9 Å². The molecule has 0 fully saturated rings. The van der Waals surface area contributed by atoms with Crippen molar-refractivity contribution in [3.05, 3.63) is 64.3 Å². The van der Waals surface area contributed by atoms with Gasteiger partial charge in [-0.25, -0.2) is 0 Å². The number of carbonyl (C=O) groups is 1. The standard InChI is InChI=1S/C16H12Cl2N2O/c17-12-2-3-13(18)15(9-12)20-16(21)8-10-1-4-14-11(7-10)5-6-19-14/h1-7,9,19H,8H2,(H,20,21). The summed E-state index contributed by atoms with van der Waals surface area (Å²) in [6.45, 7) is 0. The minimum absolute atomic E-state index is 0.131. The summed E-state index contributed by atoms with van der Waals surface area (Å²) in [5.74, 6) is -0.131. The Hall–Kier alpha value is -1.97. The molecule has 3 aromatic rings. The van der Waals surface area contributed by atoms with Crippen molar-refractivity contribution in [1.82, 2.24) is 4.98 Å². The first kappa shape index (κ1) is 14.0. The first-order valence-corrected chi connectivity index (χ1v) is 7.18. The monoisotopic (exact) mass is 318 g/mol. The number of hydrogen-bond donors (Lipinski definition) is 2. The van der Waals surface area contributed by atoms with Gasteiger partial charge in [-0.2, -0.15) is 0 Å². The molecule has 0 bridgehead atoms. The molecule has 106 valence electrons. The van der Waals surface area contributed by atoms with Gasteiger partial charge in [0.2, 0.25) is 5.91 Å². The van der Waals surface area contributed by atoms with Crippen LogP contribution in [-0.4, -0.2) is 10.9 Å². The Kier molecular flexibility index (Phi) is 3.86. The molecule has 0 saturated carbocycles. The van der Waals surface area contributed by atoms with Gasteiger partial charge in [0.15, 0.2) is 0 Å². The van der Waals surface area contributed by atoms with E-state index < -0.39 is 0 Å². The molecular weight excluding hydrogens is 307 g/mol. The van der Waals surface area contributed by atoms with Gasteiger partial charge >= 0.3 is 0 Å². The maximum Gasteiger partial charge on any atom is 0.228 e. The zero-order valence-corrected chi connectivity index (χ0v) is 12.5. The Labute approximate surface area is 131 Å². The first-order chi connectivity index (χ1) is 10.1. The van der Waals surface area contributed by atoms with Crippen LogP contribution in [0.5, 0.6) is 0 Å². The lowest BCUT2D eigenvalue weighted by Gasteiger charge is -2.08. The first-order valence-electron chi connectivity index (χ1n) is 6.43. The molecule has 1 aromatic heterocycles. The molecule has 0 aliphatic heterocycles. The van der Waals surface area contributed by atoms with E-state index in [2.05, 4.69) is 10.3 Å². The summed E-state index contributed by atoms with van der Waals surface area (Å²) in [5, 5.41) is 4.86. The van der Waals surface area contributed by atoms with E-state index >= 15 is 0 Å². The molecule has 1 amide bonds. The van der Waals surface area contributed by atoms with Crippen molar-refractivity contribution < 1.29 is 4.79 Å². The third-order valence-corrected chi connectivity index (χ3v) is 3.75. The molecule has 2 N–H and O–H groups in total. The van der Waals surface area contributed by atoms with Crippen molar-refractivity contribution in [3.8, 4) is 0 Å². The smallest absolute Gasteiger partial charge is 0.228 e. The average molecular weight is 319 g/mol. The van der Waals surface area contributed by atoms with E-state index in [0.29, 0.717) is 15.7 Å². The fourth-order valence-electron chi connectivity index (χ4n) is 2.19. The summed E-state index contributed by atoms with van der Waals surface area (Å²) in [6.07, 6.45) is 2.16. The second kappa shape index (κ2) is 5.80. The molecule has 0 aliphatic carbocycles. The molecule has 3 rings (SSSR count). The molecule has 2 aromatic carbocycles. The van der Waals surface area contributed by atoms with Crippen molar-refractivity contribution in [2.75, 3.05) is 5.32 Å². The molecule has 0 saturated heterocycles. The highest BCUT2D eigenvalue weighted by atomic mass is 35.5. The molecule has 0 atom stereocenters. The zero-order valence-electron chi connectivity index (χ0n) is 11.0. The van der Waals surface area contributed by atoms with Gasteiger partial charge in [-0.05, 0) is 47.3 Å². The van der Waals surface area contributed by atoms with E-state index in [4.69, 9.17) is 23.2 Å². The van der Waals surface area contributed by atoms with E-state index in [1.807, 2.05) is 30.5 Å². The molecule has 3 nitrogen and oxygen atoms in total. The van der Waals surface area contributed by atoms with Gasteiger partial charge < -0.3 is 10.3 Å². The Morgan fingerprint density at radius 2 is 1.95 bits per heavy atom. The minimum atomic E-state index is -0.131. The number of rotatable bonds is 3. The summed E-state index contributed by atoms with van der Waals surface area (Å²) >= 11 is 11.9. The Morgan fingerprint density at radius 1 is 1.10 bits per heavy atom. The number of H-pyrrole nitrogens is 1. The predicted octanol–water partition coefficient (Wildman–Crippen LogP) is 4.66. The van der Waals surface area contributed by atoms with Crippen molar-refractivity contribution >= 4 is 45.7 Å². The molecule has 21 heavy (non-hydrogen) atoms. The Morgan fingerprint density at radius 3 is 2.81 bits per heavy atom. The highest BCUT2D eigenvalue weighted by Crippen LogP contribution is 2.25. The Balaban J connectivity index is 1.75. The van der Waals surface area contributed by atoms with E-state index in [0.717, 1.165) is 16.5 Å². The number of aromatic amines is 1. The molecule has 1 heterocycles. The molecule has 0 radical (unpaired) electrons.